The lowest BCUT2D eigenvalue weighted by Gasteiger charge is -2.13. The highest BCUT2D eigenvalue weighted by Crippen LogP contribution is 2.32. The van der Waals surface area contributed by atoms with E-state index in [0.29, 0.717) is 34.7 Å². The highest BCUT2D eigenvalue weighted by Gasteiger charge is 2.36. The SMILES string of the molecule is CCCCCCCCCCCN1C(=O)c2ccc(Oc3ccc4c(c3)C(=O)N(C)C4=O)cc2C1=O. The summed E-state index contributed by atoms with van der Waals surface area (Å²) in [6.45, 7) is 2.64. The summed E-state index contributed by atoms with van der Waals surface area (Å²) in [4.78, 5) is 52.4. The van der Waals surface area contributed by atoms with E-state index in [1.165, 1.54) is 56.5 Å². The summed E-state index contributed by atoms with van der Waals surface area (Å²) in [6.07, 6.45) is 10.5. The normalized spacial score (nSPS) is 14.7. The van der Waals surface area contributed by atoms with Crippen molar-refractivity contribution in [2.24, 2.45) is 0 Å². The van der Waals surface area contributed by atoms with Gasteiger partial charge in [-0.25, -0.2) is 0 Å². The van der Waals surface area contributed by atoms with Crippen molar-refractivity contribution in [1.82, 2.24) is 9.80 Å². The van der Waals surface area contributed by atoms with Crippen molar-refractivity contribution in [3.05, 3.63) is 58.7 Å². The third-order valence-corrected chi connectivity index (χ3v) is 6.72. The van der Waals surface area contributed by atoms with E-state index in [4.69, 9.17) is 4.74 Å². The summed E-state index contributed by atoms with van der Waals surface area (Å²) in [5.41, 5.74) is 1.34. The second-order valence-corrected chi connectivity index (χ2v) is 9.28. The second-order valence-electron chi connectivity index (χ2n) is 9.28. The lowest BCUT2D eigenvalue weighted by atomic mass is 10.1. The van der Waals surface area contributed by atoms with Gasteiger partial charge in [-0.2, -0.15) is 0 Å². The number of carbonyl (C=O) groups is 4. The number of hydrogen-bond acceptors (Lipinski definition) is 5. The molecule has 0 aromatic heterocycles. The van der Waals surface area contributed by atoms with Crippen molar-refractivity contribution in [3.63, 3.8) is 0 Å². The smallest absolute Gasteiger partial charge is 0.261 e. The molecule has 0 saturated carbocycles. The first kappa shape index (κ1) is 24.6. The molecule has 4 rings (SSSR count). The fourth-order valence-corrected chi connectivity index (χ4v) is 4.66. The van der Waals surface area contributed by atoms with E-state index in [-0.39, 0.29) is 29.2 Å². The van der Waals surface area contributed by atoms with Crippen LogP contribution in [-0.2, 0) is 0 Å². The van der Waals surface area contributed by atoms with Crippen molar-refractivity contribution >= 4 is 23.6 Å². The molecule has 0 radical (unpaired) electrons. The van der Waals surface area contributed by atoms with Crippen LogP contribution in [0.5, 0.6) is 11.5 Å². The zero-order valence-electron chi connectivity index (χ0n) is 20.5. The molecular formula is C28H32N2O5. The van der Waals surface area contributed by atoms with Gasteiger partial charge < -0.3 is 4.74 Å². The van der Waals surface area contributed by atoms with Crippen LogP contribution in [0.3, 0.4) is 0 Å². The van der Waals surface area contributed by atoms with Gasteiger partial charge in [-0.3, -0.25) is 29.0 Å². The number of benzene rings is 2. The van der Waals surface area contributed by atoms with Gasteiger partial charge in [0.05, 0.1) is 22.3 Å². The first-order valence-corrected chi connectivity index (χ1v) is 12.6. The molecule has 0 atom stereocenters. The van der Waals surface area contributed by atoms with Gasteiger partial charge in [0.25, 0.3) is 23.6 Å². The molecule has 2 aromatic rings. The lowest BCUT2D eigenvalue weighted by molar-refractivity contribution is 0.0646. The van der Waals surface area contributed by atoms with Crippen molar-refractivity contribution in [3.8, 4) is 11.5 Å². The van der Waals surface area contributed by atoms with Crippen molar-refractivity contribution in [2.45, 2.75) is 64.7 Å². The number of rotatable bonds is 12. The van der Waals surface area contributed by atoms with Gasteiger partial charge in [-0.05, 0) is 42.8 Å². The summed E-state index contributed by atoms with van der Waals surface area (Å²) in [5, 5.41) is 0. The van der Waals surface area contributed by atoms with E-state index in [2.05, 4.69) is 6.92 Å². The minimum Gasteiger partial charge on any atom is -0.457 e. The molecule has 0 unspecified atom stereocenters. The van der Waals surface area contributed by atoms with Gasteiger partial charge in [0.2, 0.25) is 0 Å². The third-order valence-electron chi connectivity index (χ3n) is 6.72. The fourth-order valence-electron chi connectivity index (χ4n) is 4.66. The number of carbonyl (C=O) groups excluding carboxylic acids is 4. The average Bonchev–Trinajstić information content (AvgIpc) is 3.22. The molecule has 0 saturated heterocycles. The predicted molar refractivity (Wildman–Crippen MR) is 132 cm³/mol. The largest absolute Gasteiger partial charge is 0.457 e. The quantitative estimate of drug-likeness (QED) is 0.284. The number of imide groups is 2. The van der Waals surface area contributed by atoms with Crippen LogP contribution in [0.4, 0.5) is 0 Å². The first-order valence-electron chi connectivity index (χ1n) is 12.6. The Labute approximate surface area is 206 Å². The number of fused-ring (bicyclic) bond motifs is 2. The Bertz CT molecular complexity index is 1160. The van der Waals surface area contributed by atoms with Crippen LogP contribution in [0, 0.1) is 0 Å². The molecule has 7 nitrogen and oxygen atoms in total. The van der Waals surface area contributed by atoms with Crippen LogP contribution in [0.1, 0.15) is 106 Å². The van der Waals surface area contributed by atoms with E-state index in [1.807, 2.05) is 0 Å². The molecular weight excluding hydrogens is 444 g/mol. The van der Waals surface area contributed by atoms with Crippen LogP contribution in [0.15, 0.2) is 36.4 Å². The number of ether oxygens (including phenoxy) is 1. The number of amides is 4. The van der Waals surface area contributed by atoms with E-state index < -0.39 is 0 Å². The summed E-state index contributed by atoms with van der Waals surface area (Å²) < 4.78 is 5.86. The van der Waals surface area contributed by atoms with Crippen LogP contribution >= 0.6 is 0 Å². The molecule has 0 N–H and O–H groups in total. The molecule has 0 fully saturated rings. The summed E-state index contributed by atoms with van der Waals surface area (Å²) >= 11 is 0. The Morgan fingerprint density at radius 1 is 0.600 bits per heavy atom. The summed E-state index contributed by atoms with van der Waals surface area (Å²) in [6, 6.07) is 9.51. The fraction of sp³-hybridized carbons (Fsp3) is 0.429. The van der Waals surface area contributed by atoms with Gasteiger partial charge in [0.1, 0.15) is 11.5 Å². The zero-order valence-corrected chi connectivity index (χ0v) is 20.5. The molecule has 2 heterocycles. The van der Waals surface area contributed by atoms with Gasteiger partial charge in [0, 0.05) is 13.6 Å². The highest BCUT2D eigenvalue weighted by atomic mass is 16.5. The Morgan fingerprint density at radius 3 is 1.66 bits per heavy atom. The zero-order chi connectivity index (χ0) is 24.9. The molecule has 7 heteroatoms. The van der Waals surface area contributed by atoms with Crippen molar-refractivity contribution < 1.29 is 23.9 Å². The Morgan fingerprint density at radius 2 is 1.06 bits per heavy atom. The number of nitrogens with zero attached hydrogens (tertiary/aromatic N) is 2. The molecule has 0 spiro atoms. The van der Waals surface area contributed by atoms with Crippen molar-refractivity contribution in [1.29, 1.82) is 0 Å². The van der Waals surface area contributed by atoms with Gasteiger partial charge in [0.15, 0.2) is 0 Å². The minimum atomic E-state index is -0.377. The maximum Gasteiger partial charge on any atom is 0.261 e. The summed E-state index contributed by atoms with van der Waals surface area (Å²) in [7, 11) is 1.44. The maximum absolute atomic E-state index is 12.9. The molecule has 2 aromatic carbocycles. The van der Waals surface area contributed by atoms with Crippen molar-refractivity contribution in [2.75, 3.05) is 13.6 Å². The highest BCUT2D eigenvalue weighted by molar-refractivity contribution is 6.22. The molecule has 0 bridgehead atoms. The third kappa shape index (κ3) is 5.14. The average molecular weight is 477 g/mol. The van der Waals surface area contributed by atoms with Crippen LogP contribution in [-0.4, -0.2) is 47.0 Å². The van der Waals surface area contributed by atoms with E-state index in [0.717, 1.165) is 24.2 Å². The topological polar surface area (TPSA) is 84.0 Å². The molecule has 0 aliphatic carbocycles. The molecule has 2 aliphatic rings. The van der Waals surface area contributed by atoms with Gasteiger partial charge in [-0.15, -0.1) is 0 Å². The van der Waals surface area contributed by atoms with Crippen LogP contribution in [0.25, 0.3) is 0 Å². The molecule has 2 aliphatic heterocycles. The predicted octanol–water partition coefficient (Wildman–Crippen LogP) is 5.83. The van der Waals surface area contributed by atoms with E-state index >= 15 is 0 Å². The molecule has 4 amide bonds. The maximum atomic E-state index is 12.9. The Balaban J connectivity index is 1.33. The van der Waals surface area contributed by atoms with Crippen LogP contribution < -0.4 is 4.74 Å². The monoisotopic (exact) mass is 476 g/mol. The van der Waals surface area contributed by atoms with E-state index in [1.54, 1.807) is 30.3 Å². The van der Waals surface area contributed by atoms with Gasteiger partial charge in [-0.1, -0.05) is 58.3 Å². The lowest BCUT2D eigenvalue weighted by Crippen LogP contribution is -2.30. The molecule has 184 valence electrons. The Kier molecular flexibility index (Phi) is 7.63. The van der Waals surface area contributed by atoms with E-state index in [9.17, 15) is 19.2 Å². The summed E-state index contributed by atoms with van der Waals surface area (Å²) in [5.74, 6) is -0.516. The standard InChI is InChI=1S/C28H32N2O5/c1-3-4-5-6-7-8-9-10-11-16-30-27(33)22-15-13-20(18-24(22)28(30)34)35-19-12-14-21-23(17-19)26(32)29(2)25(21)31/h12-15,17-18H,3-11,16H2,1-2H3. The van der Waals surface area contributed by atoms with Gasteiger partial charge >= 0.3 is 0 Å². The number of hydrogen-bond donors (Lipinski definition) is 0. The van der Waals surface area contributed by atoms with Crippen LogP contribution in [0.2, 0.25) is 0 Å². The first-order chi connectivity index (χ1) is 16.9. The second kappa shape index (κ2) is 10.8. The minimum absolute atomic E-state index is 0.263. The molecule has 35 heavy (non-hydrogen) atoms. The number of unbranched alkanes of at least 4 members (excludes halogenated alkanes) is 8. The Hall–Kier alpha value is -3.48.